The standard InChI is InChI=1S/C20H23FN4O3/c1-13-11-14(3-5-16(13)19(22)26)23-20(27)25-9-7-24(8-10-25)15-4-6-18(28-2)17(21)12-15/h3-6,11-12H,7-10H2,1-2H3,(H2,22,26)(H,23,27). The Morgan fingerprint density at radius 2 is 1.82 bits per heavy atom. The first-order valence-corrected chi connectivity index (χ1v) is 8.94. The summed E-state index contributed by atoms with van der Waals surface area (Å²) in [6.45, 7) is 3.98. The van der Waals surface area contributed by atoms with Crippen LogP contribution in [0.3, 0.4) is 0 Å². The van der Waals surface area contributed by atoms with Crippen molar-refractivity contribution in [2.24, 2.45) is 5.73 Å². The van der Waals surface area contributed by atoms with E-state index in [1.54, 1.807) is 42.2 Å². The summed E-state index contributed by atoms with van der Waals surface area (Å²) >= 11 is 0. The van der Waals surface area contributed by atoms with Crippen LogP contribution in [-0.2, 0) is 0 Å². The van der Waals surface area contributed by atoms with Crippen molar-refractivity contribution in [2.75, 3.05) is 43.5 Å². The highest BCUT2D eigenvalue weighted by molar-refractivity contribution is 5.96. The van der Waals surface area contributed by atoms with E-state index in [4.69, 9.17) is 10.5 Å². The maximum absolute atomic E-state index is 13.9. The van der Waals surface area contributed by atoms with Crippen molar-refractivity contribution in [1.29, 1.82) is 0 Å². The molecule has 1 saturated heterocycles. The van der Waals surface area contributed by atoms with Gasteiger partial charge in [-0.1, -0.05) is 0 Å². The minimum Gasteiger partial charge on any atom is -0.494 e. The van der Waals surface area contributed by atoms with Gasteiger partial charge in [0, 0.05) is 49.2 Å². The number of nitrogens with zero attached hydrogens (tertiary/aromatic N) is 2. The average molecular weight is 386 g/mol. The number of carbonyl (C=O) groups excluding carboxylic acids is 2. The quantitative estimate of drug-likeness (QED) is 0.846. The van der Waals surface area contributed by atoms with E-state index >= 15 is 0 Å². The third-order valence-corrected chi connectivity index (χ3v) is 4.81. The smallest absolute Gasteiger partial charge is 0.321 e. The molecule has 28 heavy (non-hydrogen) atoms. The number of nitrogens with two attached hydrogens (primary N) is 1. The van der Waals surface area contributed by atoms with Gasteiger partial charge in [-0.3, -0.25) is 4.79 Å². The number of nitrogens with one attached hydrogen (secondary N) is 1. The Hall–Kier alpha value is -3.29. The van der Waals surface area contributed by atoms with Gasteiger partial charge in [0.05, 0.1) is 7.11 Å². The number of anilines is 2. The van der Waals surface area contributed by atoms with E-state index in [1.807, 2.05) is 4.90 Å². The molecule has 0 bridgehead atoms. The summed E-state index contributed by atoms with van der Waals surface area (Å²) < 4.78 is 18.8. The SMILES string of the molecule is COc1ccc(N2CCN(C(=O)Nc3ccc(C(N)=O)c(C)c3)CC2)cc1F. The van der Waals surface area contributed by atoms with Crippen molar-refractivity contribution in [3.63, 3.8) is 0 Å². The molecular formula is C20H23FN4O3. The van der Waals surface area contributed by atoms with Crippen LogP contribution in [0.25, 0.3) is 0 Å². The average Bonchev–Trinajstić information content (AvgIpc) is 2.67. The first-order chi connectivity index (χ1) is 13.4. The molecule has 0 saturated carbocycles. The first-order valence-electron chi connectivity index (χ1n) is 8.94. The molecular weight excluding hydrogens is 363 g/mol. The first kappa shape index (κ1) is 19.5. The minimum atomic E-state index is -0.499. The van der Waals surface area contributed by atoms with E-state index in [1.165, 1.54) is 13.2 Å². The summed E-state index contributed by atoms with van der Waals surface area (Å²) in [7, 11) is 1.43. The van der Waals surface area contributed by atoms with Gasteiger partial charge >= 0.3 is 6.03 Å². The number of hydrogen-bond donors (Lipinski definition) is 2. The van der Waals surface area contributed by atoms with Crippen LogP contribution in [-0.4, -0.2) is 50.1 Å². The molecule has 2 aromatic rings. The number of methoxy groups -OCH3 is 1. The topological polar surface area (TPSA) is 87.9 Å². The fourth-order valence-corrected chi connectivity index (χ4v) is 3.24. The van der Waals surface area contributed by atoms with Gasteiger partial charge < -0.3 is 25.6 Å². The lowest BCUT2D eigenvalue weighted by atomic mass is 10.1. The molecule has 3 amide bonds. The van der Waals surface area contributed by atoms with E-state index < -0.39 is 11.7 Å². The van der Waals surface area contributed by atoms with Crippen LogP contribution in [0.5, 0.6) is 5.75 Å². The molecule has 1 fully saturated rings. The highest BCUT2D eigenvalue weighted by Gasteiger charge is 2.22. The summed E-state index contributed by atoms with van der Waals surface area (Å²) in [5.41, 5.74) is 7.80. The van der Waals surface area contributed by atoms with E-state index in [0.29, 0.717) is 43.0 Å². The van der Waals surface area contributed by atoms with Gasteiger partial charge in [0.2, 0.25) is 5.91 Å². The molecule has 0 aliphatic carbocycles. The minimum absolute atomic E-state index is 0.208. The number of amides is 3. The van der Waals surface area contributed by atoms with Gasteiger partial charge in [0.15, 0.2) is 11.6 Å². The molecule has 3 rings (SSSR count). The van der Waals surface area contributed by atoms with Gasteiger partial charge in [-0.15, -0.1) is 0 Å². The Balaban J connectivity index is 1.59. The normalized spacial score (nSPS) is 14.0. The number of primary amides is 1. The maximum atomic E-state index is 13.9. The van der Waals surface area contributed by atoms with E-state index in [-0.39, 0.29) is 11.8 Å². The second-order valence-electron chi connectivity index (χ2n) is 6.62. The second-order valence-corrected chi connectivity index (χ2v) is 6.62. The molecule has 1 aliphatic heterocycles. The predicted molar refractivity (Wildman–Crippen MR) is 105 cm³/mol. The number of urea groups is 1. The lowest BCUT2D eigenvalue weighted by Crippen LogP contribution is -2.50. The zero-order chi connectivity index (χ0) is 20.3. The van der Waals surface area contributed by atoms with Crippen molar-refractivity contribution < 1.29 is 18.7 Å². The van der Waals surface area contributed by atoms with E-state index in [2.05, 4.69) is 5.32 Å². The van der Waals surface area contributed by atoms with Crippen LogP contribution in [0.4, 0.5) is 20.6 Å². The van der Waals surface area contributed by atoms with E-state index in [0.717, 1.165) is 5.69 Å². The molecule has 0 atom stereocenters. The number of ether oxygens (including phenoxy) is 1. The highest BCUT2D eigenvalue weighted by Crippen LogP contribution is 2.24. The van der Waals surface area contributed by atoms with Crippen LogP contribution in [0.15, 0.2) is 36.4 Å². The Labute approximate surface area is 162 Å². The largest absolute Gasteiger partial charge is 0.494 e. The second kappa shape index (κ2) is 8.16. The lowest BCUT2D eigenvalue weighted by molar-refractivity contribution is 0.0999. The molecule has 0 aromatic heterocycles. The number of halogens is 1. The van der Waals surface area contributed by atoms with Crippen LogP contribution < -0.4 is 20.7 Å². The summed E-state index contributed by atoms with van der Waals surface area (Å²) in [5, 5.41) is 2.84. The lowest BCUT2D eigenvalue weighted by Gasteiger charge is -2.36. The van der Waals surface area contributed by atoms with Gasteiger partial charge in [-0.25, -0.2) is 9.18 Å². The monoisotopic (exact) mass is 386 g/mol. The van der Waals surface area contributed by atoms with Crippen molar-refractivity contribution in [1.82, 2.24) is 4.90 Å². The molecule has 0 spiro atoms. The van der Waals surface area contributed by atoms with Crippen molar-refractivity contribution in [2.45, 2.75) is 6.92 Å². The summed E-state index contributed by atoms with van der Waals surface area (Å²) in [6.07, 6.45) is 0. The summed E-state index contributed by atoms with van der Waals surface area (Å²) in [5.74, 6) is -0.698. The van der Waals surface area contributed by atoms with Crippen LogP contribution in [0.1, 0.15) is 15.9 Å². The molecule has 7 nitrogen and oxygen atoms in total. The number of hydrogen-bond acceptors (Lipinski definition) is 4. The Kier molecular flexibility index (Phi) is 5.67. The Morgan fingerprint density at radius 3 is 2.39 bits per heavy atom. The maximum Gasteiger partial charge on any atom is 0.321 e. The number of benzene rings is 2. The Bertz CT molecular complexity index is 895. The third kappa shape index (κ3) is 4.16. The number of piperazine rings is 1. The van der Waals surface area contributed by atoms with Gasteiger partial charge in [0.25, 0.3) is 0 Å². The molecule has 3 N–H and O–H groups in total. The Morgan fingerprint density at radius 1 is 1.11 bits per heavy atom. The summed E-state index contributed by atoms with van der Waals surface area (Å²) in [6, 6.07) is 9.60. The molecule has 1 aliphatic rings. The van der Waals surface area contributed by atoms with E-state index in [9.17, 15) is 14.0 Å². The highest BCUT2D eigenvalue weighted by atomic mass is 19.1. The third-order valence-electron chi connectivity index (χ3n) is 4.81. The van der Waals surface area contributed by atoms with Gasteiger partial charge in [-0.2, -0.15) is 0 Å². The van der Waals surface area contributed by atoms with Crippen molar-refractivity contribution >= 4 is 23.3 Å². The number of aryl methyl sites for hydroxylation is 1. The molecule has 1 heterocycles. The number of rotatable bonds is 4. The summed E-state index contributed by atoms with van der Waals surface area (Å²) in [4.78, 5) is 27.5. The fourth-order valence-electron chi connectivity index (χ4n) is 3.24. The molecule has 0 radical (unpaired) electrons. The molecule has 148 valence electrons. The van der Waals surface area contributed by atoms with Crippen LogP contribution in [0.2, 0.25) is 0 Å². The van der Waals surface area contributed by atoms with Crippen molar-refractivity contribution in [3.8, 4) is 5.75 Å². The predicted octanol–water partition coefficient (Wildman–Crippen LogP) is 2.60. The van der Waals surface area contributed by atoms with Crippen LogP contribution in [0, 0.1) is 12.7 Å². The molecule has 2 aromatic carbocycles. The van der Waals surface area contributed by atoms with Crippen LogP contribution >= 0.6 is 0 Å². The van der Waals surface area contributed by atoms with Gasteiger partial charge in [0.1, 0.15) is 0 Å². The van der Waals surface area contributed by atoms with Crippen molar-refractivity contribution in [3.05, 3.63) is 53.3 Å². The molecule has 0 unspecified atom stereocenters. The zero-order valence-electron chi connectivity index (χ0n) is 15.9. The number of carbonyl (C=O) groups is 2. The fraction of sp³-hybridized carbons (Fsp3) is 0.300. The van der Waals surface area contributed by atoms with Gasteiger partial charge in [-0.05, 0) is 42.8 Å². The zero-order valence-corrected chi connectivity index (χ0v) is 15.9. The molecule has 8 heteroatoms.